The number of anilines is 1. The van der Waals surface area contributed by atoms with Gasteiger partial charge in [-0.3, -0.25) is 25.0 Å². The third kappa shape index (κ3) is 5.86. The molecule has 11 heteroatoms. The zero-order chi connectivity index (χ0) is 25.9. The Morgan fingerprint density at radius 2 is 2.00 bits per heavy atom. The Hall–Kier alpha value is -3.63. The fourth-order valence-corrected chi connectivity index (χ4v) is 5.01. The fraction of sp³-hybridized carbons (Fsp3) is 0.385. The average Bonchev–Trinajstić information content (AvgIpc) is 3.49. The van der Waals surface area contributed by atoms with E-state index in [-0.39, 0.29) is 24.8 Å². The van der Waals surface area contributed by atoms with Gasteiger partial charge in [-0.1, -0.05) is 23.7 Å². The van der Waals surface area contributed by atoms with E-state index in [2.05, 4.69) is 16.0 Å². The first-order chi connectivity index (χ1) is 17.9. The van der Waals surface area contributed by atoms with E-state index in [9.17, 15) is 19.2 Å². The van der Waals surface area contributed by atoms with Crippen LogP contribution in [0.2, 0.25) is 5.02 Å². The number of nitrogens with zero attached hydrogens (tertiary/aromatic N) is 1. The summed E-state index contributed by atoms with van der Waals surface area (Å²) in [5.41, 5.74) is 2.32. The second-order valence-corrected chi connectivity index (χ2v) is 9.87. The number of benzene rings is 2. The van der Waals surface area contributed by atoms with Gasteiger partial charge in [-0.2, -0.15) is 0 Å². The van der Waals surface area contributed by atoms with E-state index in [1.807, 2.05) is 0 Å². The molecule has 0 saturated carbocycles. The second-order valence-electron chi connectivity index (χ2n) is 9.44. The van der Waals surface area contributed by atoms with Crippen LogP contribution in [0.15, 0.2) is 36.4 Å². The van der Waals surface area contributed by atoms with E-state index in [0.29, 0.717) is 53.1 Å². The molecule has 0 spiro atoms. The third-order valence-corrected chi connectivity index (χ3v) is 6.95. The van der Waals surface area contributed by atoms with Crippen LogP contribution in [0.4, 0.5) is 10.5 Å². The van der Waals surface area contributed by atoms with E-state index in [0.717, 1.165) is 25.1 Å². The van der Waals surface area contributed by atoms with Crippen LogP contribution < -0.4 is 20.7 Å². The van der Waals surface area contributed by atoms with Gasteiger partial charge in [-0.05, 0) is 48.7 Å². The van der Waals surface area contributed by atoms with Crippen molar-refractivity contribution in [1.82, 2.24) is 15.5 Å². The van der Waals surface area contributed by atoms with Gasteiger partial charge in [0.15, 0.2) is 0 Å². The molecular formula is C26H27ClN4O6. The van der Waals surface area contributed by atoms with Crippen LogP contribution in [0.3, 0.4) is 0 Å². The van der Waals surface area contributed by atoms with Gasteiger partial charge in [0.2, 0.25) is 11.8 Å². The number of imide groups is 1. The summed E-state index contributed by atoms with van der Waals surface area (Å²) >= 11 is 6.19. The largest absolute Gasteiger partial charge is 0.493 e. The number of fused-ring (bicyclic) bond motifs is 1. The maximum absolute atomic E-state index is 13.0. The van der Waals surface area contributed by atoms with Gasteiger partial charge < -0.3 is 19.7 Å². The van der Waals surface area contributed by atoms with Crippen LogP contribution in [0.1, 0.15) is 40.7 Å². The Bertz CT molecular complexity index is 1250. The molecule has 194 valence electrons. The fourth-order valence-electron chi connectivity index (χ4n) is 4.78. The molecule has 2 saturated heterocycles. The Morgan fingerprint density at radius 1 is 1.14 bits per heavy atom. The molecule has 0 aromatic heterocycles. The lowest BCUT2D eigenvalue weighted by Crippen LogP contribution is -2.52. The Kier molecular flexibility index (Phi) is 7.29. The second kappa shape index (κ2) is 10.8. The highest BCUT2D eigenvalue weighted by molar-refractivity contribution is 6.31. The minimum Gasteiger partial charge on any atom is -0.493 e. The summed E-state index contributed by atoms with van der Waals surface area (Å²) in [4.78, 5) is 50.5. The minimum atomic E-state index is -0.676. The highest BCUT2D eigenvalue weighted by Crippen LogP contribution is 2.29. The van der Waals surface area contributed by atoms with E-state index in [1.165, 1.54) is 4.90 Å². The Labute approximate surface area is 218 Å². The predicted octanol–water partition coefficient (Wildman–Crippen LogP) is 2.84. The molecule has 0 aliphatic carbocycles. The molecule has 5 rings (SSSR count). The zero-order valence-corrected chi connectivity index (χ0v) is 20.8. The maximum Gasteiger partial charge on any atom is 0.411 e. The molecule has 2 atom stereocenters. The molecule has 0 radical (unpaired) electrons. The van der Waals surface area contributed by atoms with Crippen molar-refractivity contribution in [3.8, 4) is 5.75 Å². The number of halogens is 1. The molecule has 3 heterocycles. The highest BCUT2D eigenvalue weighted by atomic mass is 35.5. The normalized spacial score (nSPS) is 21.0. The van der Waals surface area contributed by atoms with Crippen molar-refractivity contribution in [2.75, 3.05) is 25.0 Å². The monoisotopic (exact) mass is 526 g/mol. The molecular weight excluding hydrogens is 500 g/mol. The molecule has 4 amide bonds. The molecule has 37 heavy (non-hydrogen) atoms. The van der Waals surface area contributed by atoms with Gasteiger partial charge in [0.05, 0.1) is 6.61 Å². The summed E-state index contributed by atoms with van der Waals surface area (Å²) in [7, 11) is 0. The summed E-state index contributed by atoms with van der Waals surface area (Å²) in [5, 5.41) is 8.66. The summed E-state index contributed by atoms with van der Waals surface area (Å²) < 4.78 is 11.2. The van der Waals surface area contributed by atoms with Gasteiger partial charge in [-0.15, -0.1) is 0 Å². The summed E-state index contributed by atoms with van der Waals surface area (Å²) in [6.45, 7) is 2.71. The SMILES string of the molecule is O=C1CCC(N2Cc3ccc(COC(=O)Nc4cc(Cl)cc(OCC5CCNC5)c4)cc3C2=O)C(=O)N1. The first-order valence-electron chi connectivity index (χ1n) is 12.2. The van der Waals surface area contributed by atoms with E-state index in [1.54, 1.807) is 36.4 Å². The van der Waals surface area contributed by atoms with Crippen molar-refractivity contribution in [2.24, 2.45) is 5.92 Å². The Morgan fingerprint density at radius 3 is 2.78 bits per heavy atom. The third-order valence-electron chi connectivity index (χ3n) is 6.73. The number of hydrogen-bond acceptors (Lipinski definition) is 7. The van der Waals surface area contributed by atoms with Gasteiger partial charge in [-0.25, -0.2) is 4.79 Å². The van der Waals surface area contributed by atoms with Gasteiger partial charge >= 0.3 is 6.09 Å². The zero-order valence-electron chi connectivity index (χ0n) is 20.1. The number of piperidine rings is 1. The maximum atomic E-state index is 13.0. The van der Waals surface area contributed by atoms with Gasteiger partial charge in [0.1, 0.15) is 18.4 Å². The smallest absolute Gasteiger partial charge is 0.411 e. The topological polar surface area (TPSA) is 126 Å². The number of amides is 4. The minimum absolute atomic E-state index is 0.0522. The van der Waals surface area contributed by atoms with Crippen LogP contribution in [0.25, 0.3) is 0 Å². The lowest BCUT2D eigenvalue weighted by molar-refractivity contribution is -0.136. The van der Waals surface area contributed by atoms with Crippen LogP contribution >= 0.6 is 11.6 Å². The molecule has 3 aliphatic rings. The summed E-state index contributed by atoms with van der Waals surface area (Å²) in [6, 6.07) is 9.54. The van der Waals surface area contributed by atoms with Crippen LogP contribution in [0.5, 0.6) is 5.75 Å². The van der Waals surface area contributed by atoms with Crippen molar-refractivity contribution < 1.29 is 28.7 Å². The molecule has 2 aromatic carbocycles. The Balaban J connectivity index is 1.16. The first-order valence-corrected chi connectivity index (χ1v) is 12.6. The van der Waals surface area contributed by atoms with Crippen LogP contribution in [0, 0.1) is 5.92 Å². The van der Waals surface area contributed by atoms with Crippen molar-refractivity contribution >= 4 is 41.1 Å². The number of hydrogen-bond donors (Lipinski definition) is 3. The molecule has 2 aromatic rings. The average molecular weight is 527 g/mol. The van der Waals surface area contributed by atoms with Crippen molar-refractivity contribution in [2.45, 2.75) is 38.5 Å². The van der Waals surface area contributed by atoms with E-state index < -0.39 is 18.0 Å². The standard InChI is InChI=1S/C26H27ClN4O6/c27-18-8-19(10-20(9-18)36-14-16-5-6-28-11-16)29-26(35)37-13-15-1-2-17-12-31(25(34)21(17)7-15)22-3-4-23(32)30-24(22)33/h1-2,7-10,16,22,28H,3-6,11-14H2,(H,29,35)(H,30,32,33). The number of ether oxygens (including phenoxy) is 2. The van der Waals surface area contributed by atoms with E-state index >= 15 is 0 Å². The molecule has 3 aliphatic heterocycles. The van der Waals surface area contributed by atoms with Crippen molar-refractivity contribution in [3.05, 3.63) is 58.1 Å². The summed E-state index contributed by atoms with van der Waals surface area (Å²) in [5.74, 6) is -0.0623. The molecule has 2 unspecified atom stereocenters. The molecule has 10 nitrogen and oxygen atoms in total. The number of rotatable bonds is 7. The van der Waals surface area contributed by atoms with Crippen molar-refractivity contribution in [1.29, 1.82) is 0 Å². The number of carbonyl (C=O) groups excluding carboxylic acids is 4. The highest BCUT2D eigenvalue weighted by Gasteiger charge is 2.39. The van der Waals surface area contributed by atoms with Crippen LogP contribution in [-0.4, -0.2) is 54.5 Å². The van der Waals surface area contributed by atoms with Crippen LogP contribution in [-0.2, 0) is 27.5 Å². The van der Waals surface area contributed by atoms with Gasteiger partial charge in [0, 0.05) is 47.8 Å². The molecule has 0 bridgehead atoms. The van der Waals surface area contributed by atoms with E-state index in [4.69, 9.17) is 21.1 Å². The molecule has 3 N–H and O–H groups in total. The van der Waals surface area contributed by atoms with Gasteiger partial charge in [0.25, 0.3) is 5.91 Å². The lowest BCUT2D eigenvalue weighted by atomic mass is 10.0. The lowest BCUT2D eigenvalue weighted by Gasteiger charge is -2.29. The quantitative estimate of drug-likeness (QED) is 0.473. The summed E-state index contributed by atoms with van der Waals surface area (Å²) in [6.07, 6.45) is 0.879. The molecule has 2 fully saturated rings. The van der Waals surface area contributed by atoms with Crippen molar-refractivity contribution in [3.63, 3.8) is 0 Å². The predicted molar refractivity (Wildman–Crippen MR) is 134 cm³/mol. The number of nitrogens with one attached hydrogen (secondary N) is 3. The number of carbonyl (C=O) groups is 4. The first kappa shape index (κ1) is 25.0.